The summed E-state index contributed by atoms with van der Waals surface area (Å²) in [5.41, 5.74) is 0.739. The highest BCUT2D eigenvalue weighted by Gasteiger charge is 2.37. The quantitative estimate of drug-likeness (QED) is 0.433. The Balaban J connectivity index is 1.85. The fourth-order valence-corrected chi connectivity index (χ4v) is 3.69. The molecule has 2 aromatic rings. The molecule has 1 aliphatic heterocycles. The molecule has 3 rings (SSSR count). The van der Waals surface area contributed by atoms with Crippen molar-refractivity contribution in [2.24, 2.45) is 5.92 Å². The van der Waals surface area contributed by atoms with Crippen LogP contribution in [0, 0.1) is 16.0 Å². The minimum atomic E-state index is -0.621. The SMILES string of the molecule is C=C1NC(=S)N[C@@H](c2cccs2)[C@@H]1C(=O)Nc1cccc([N+](=O)[O-])c1. The molecule has 0 aliphatic carbocycles. The van der Waals surface area contributed by atoms with E-state index < -0.39 is 10.8 Å². The molecule has 7 nitrogen and oxygen atoms in total. The minimum absolute atomic E-state index is 0.0903. The van der Waals surface area contributed by atoms with Crippen LogP contribution in [0.2, 0.25) is 0 Å². The zero-order valence-corrected chi connectivity index (χ0v) is 14.5. The van der Waals surface area contributed by atoms with Crippen molar-refractivity contribution < 1.29 is 9.72 Å². The number of thiocarbonyl (C=S) groups is 1. The molecule has 1 aliphatic rings. The lowest BCUT2D eigenvalue weighted by Crippen LogP contribution is -2.51. The summed E-state index contributed by atoms with van der Waals surface area (Å²) >= 11 is 6.67. The molecule has 1 saturated heterocycles. The van der Waals surface area contributed by atoms with Crippen LogP contribution in [-0.2, 0) is 4.79 Å². The molecule has 0 radical (unpaired) electrons. The zero-order chi connectivity index (χ0) is 18.0. The number of nitrogens with zero attached hydrogens (tertiary/aromatic N) is 1. The molecule has 128 valence electrons. The summed E-state index contributed by atoms with van der Waals surface area (Å²) in [6, 6.07) is 9.26. The van der Waals surface area contributed by atoms with Crippen molar-refractivity contribution in [1.29, 1.82) is 0 Å². The van der Waals surface area contributed by atoms with E-state index in [0.29, 0.717) is 16.5 Å². The molecule has 0 bridgehead atoms. The van der Waals surface area contributed by atoms with E-state index in [2.05, 4.69) is 22.5 Å². The molecule has 0 spiro atoms. The summed E-state index contributed by atoms with van der Waals surface area (Å²) in [5, 5.41) is 21.9. The van der Waals surface area contributed by atoms with E-state index in [9.17, 15) is 14.9 Å². The topological polar surface area (TPSA) is 96.3 Å². The molecule has 2 atom stereocenters. The van der Waals surface area contributed by atoms with Crippen molar-refractivity contribution in [2.45, 2.75) is 6.04 Å². The highest BCUT2D eigenvalue weighted by Crippen LogP contribution is 2.33. The van der Waals surface area contributed by atoms with Gasteiger partial charge < -0.3 is 16.0 Å². The van der Waals surface area contributed by atoms with Gasteiger partial charge in [-0.25, -0.2) is 0 Å². The Kier molecular flexibility index (Phi) is 4.77. The number of hydrogen-bond donors (Lipinski definition) is 3. The third-order valence-electron chi connectivity index (χ3n) is 3.73. The Hall–Kier alpha value is -2.78. The van der Waals surface area contributed by atoms with Crippen LogP contribution in [0.4, 0.5) is 11.4 Å². The smallest absolute Gasteiger partial charge is 0.271 e. The standard InChI is InChI=1S/C16H14N4O3S2/c1-9-13(14(19-16(24)17-9)12-6-3-7-25-12)15(21)18-10-4-2-5-11(8-10)20(22)23/h2-8,13-14H,1H2,(H,18,21)(H2,17,19,24)/t13-,14+/m1/s1. The van der Waals surface area contributed by atoms with E-state index in [4.69, 9.17) is 12.2 Å². The first kappa shape index (κ1) is 17.1. The van der Waals surface area contributed by atoms with E-state index in [-0.39, 0.29) is 17.6 Å². The number of benzene rings is 1. The molecule has 0 unspecified atom stereocenters. The molecular weight excluding hydrogens is 360 g/mol. The second kappa shape index (κ2) is 6.99. The maximum atomic E-state index is 12.8. The number of anilines is 1. The largest absolute Gasteiger partial charge is 0.354 e. The average molecular weight is 374 g/mol. The van der Waals surface area contributed by atoms with Gasteiger partial charge in [0.1, 0.15) is 5.92 Å². The molecule has 1 fully saturated rings. The maximum absolute atomic E-state index is 12.8. The first-order valence-electron chi connectivity index (χ1n) is 7.31. The number of nitro groups is 1. The highest BCUT2D eigenvalue weighted by atomic mass is 32.1. The van der Waals surface area contributed by atoms with Crippen LogP contribution in [0.1, 0.15) is 10.9 Å². The maximum Gasteiger partial charge on any atom is 0.271 e. The number of nitrogens with one attached hydrogen (secondary N) is 3. The molecule has 1 aromatic carbocycles. The molecule has 9 heteroatoms. The van der Waals surface area contributed by atoms with E-state index in [1.54, 1.807) is 6.07 Å². The second-order valence-corrected chi connectivity index (χ2v) is 6.78. The molecule has 1 amide bonds. The fourth-order valence-electron chi connectivity index (χ4n) is 2.62. The van der Waals surface area contributed by atoms with E-state index in [1.165, 1.54) is 29.5 Å². The zero-order valence-electron chi connectivity index (χ0n) is 12.9. The number of nitro benzene ring substituents is 1. The van der Waals surface area contributed by atoms with Crippen LogP contribution in [-0.4, -0.2) is 15.9 Å². The van der Waals surface area contributed by atoms with Crippen LogP contribution < -0.4 is 16.0 Å². The highest BCUT2D eigenvalue weighted by molar-refractivity contribution is 7.80. The van der Waals surface area contributed by atoms with Crippen molar-refractivity contribution in [3.63, 3.8) is 0 Å². The van der Waals surface area contributed by atoms with Crippen molar-refractivity contribution in [3.05, 3.63) is 69.0 Å². The minimum Gasteiger partial charge on any atom is -0.354 e. The van der Waals surface area contributed by atoms with E-state index in [1.807, 2.05) is 17.5 Å². The summed E-state index contributed by atoms with van der Waals surface area (Å²) in [6.07, 6.45) is 0. The van der Waals surface area contributed by atoms with Gasteiger partial charge in [-0.1, -0.05) is 18.7 Å². The Morgan fingerprint density at radius 1 is 1.36 bits per heavy atom. The van der Waals surface area contributed by atoms with Crippen LogP contribution in [0.3, 0.4) is 0 Å². The Labute approximate surface area is 152 Å². The normalized spacial score (nSPS) is 19.7. The summed E-state index contributed by atoms with van der Waals surface area (Å²) in [7, 11) is 0. The molecule has 2 heterocycles. The first-order chi connectivity index (χ1) is 12.0. The first-order valence-corrected chi connectivity index (χ1v) is 8.59. The number of amides is 1. The Morgan fingerprint density at radius 2 is 2.16 bits per heavy atom. The van der Waals surface area contributed by atoms with Gasteiger partial charge in [-0.05, 0) is 29.7 Å². The van der Waals surface area contributed by atoms with E-state index in [0.717, 1.165) is 4.88 Å². The molecular formula is C16H14N4O3S2. The number of carbonyl (C=O) groups is 1. The Bertz CT molecular complexity index is 851. The van der Waals surface area contributed by atoms with Gasteiger partial charge in [0.05, 0.1) is 11.0 Å². The second-order valence-electron chi connectivity index (χ2n) is 5.39. The summed E-state index contributed by atoms with van der Waals surface area (Å²) < 4.78 is 0. The number of hydrogen-bond acceptors (Lipinski definition) is 5. The number of rotatable bonds is 4. The molecule has 25 heavy (non-hydrogen) atoms. The van der Waals surface area contributed by atoms with Gasteiger partial charge >= 0.3 is 0 Å². The van der Waals surface area contributed by atoms with Crippen molar-refractivity contribution in [1.82, 2.24) is 10.6 Å². The van der Waals surface area contributed by atoms with Crippen molar-refractivity contribution in [2.75, 3.05) is 5.32 Å². The summed E-state index contributed by atoms with van der Waals surface area (Å²) in [5.74, 6) is -0.948. The molecule has 1 aromatic heterocycles. The lowest BCUT2D eigenvalue weighted by atomic mass is 9.92. The summed E-state index contributed by atoms with van der Waals surface area (Å²) in [4.78, 5) is 24.1. The van der Waals surface area contributed by atoms with Gasteiger partial charge in [-0.3, -0.25) is 14.9 Å². The third kappa shape index (κ3) is 3.67. The summed E-state index contributed by atoms with van der Waals surface area (Å²) in [6.45, 7) is 3.91. The van der Waals surface area contributed by atoms with Crippen LogP contribution in [0.15, 0.2) is 54.1 Å². The van der Waals surface area contributed by atoms with Gasteiger partial charge in [0.25, 0.3) is 5.69 Å². The van der Waals surface area contributed by atoms with Gasteiger partial charge in [0, 0.05) is 28.4 Å². The monoisotopic (exact) mass is 374 g/mol. The Morgan fingerprint density at radius 3 is 2.84 bits per heavy atom. The number of thiophene rings is 1. The van der Waals surface area contributed by atoms with Gasteiger partial charge in [-0.2, -0.15) is 0 Å². The lowest BCUT2D eigenvalue weighted by Gasteiger charge is -2.34. The van der Waals surface area contributed by atoms with Crippen LogP contribution in [0.5, 0.6) is 0 Å². The molecule has 0 saturated carbocycles. The number of carbonyl (C=O) groups excluding carboxylic acids is 1. The van der Waals surface area contributed by atoms with Gasteiger partial charge in [0.2, 0.25) is 5.91 Å². The number of non-ortho nitro benzene ring substituents is 1. The van der Waals surface area contributed by atoms with Gasteiger partial charge in [-0.15, -0.1) is 11.3 Å². The van der Waals surface area contributed by atoms with Crippen LogP contribution in [0.25, 0.3) is 0 Å². The van der Waals surface area contributed by atoms with Crippen LogP contribution >= 0.6 is 23.6 Å². The van der Waals surface area contributed by atoms with Gasteiger partial charge in [0.15, 0.2) is 5.11 Å². The predicted octanol–water partition coefficient (Wildman–Crippen LogP) is 2.94. The van der Waals surface area contributed by atoms with Crippen molar-refractivity contribution in [3.8, 4) is 0 Å². The molecule has 3 N–H and O–H groups in total. The third-order valence-corrected chi connectivity index (χ3v) is 4.90. The predicted molar refractivity (Wildman–Crippen MR) is 100 cm³/mol. The average Bonchev–Trinajstić information content (AvgIpc) is 3.08. The van der Waals surface area contributed by atoms with E-state index >= 15 is 0 Å². The lowest BCUT2D eigenvalue weighted by molar-refractivity contribution is -0.384. The fraction of sp³-hybridized carbons (Fsp3) is 0.125. The van der Waals surface area contributed by atoms with Crippen molar-refractivity contribution >= 4 is 45.9 Å².